The maximum atomic E-state index is 5.57. The first kappa shape index (κ1) is 27.0. The topological polar surface area (TPSA) is 52.1 Å². The quantitative estimate of drug-likeness (QED) is 0.260. The molecular weight excluding hydrogens is 533 g/mol. The Morgan fingerprint density at radius 3 is 2.50 bits per heavy atom. The van der Waals surface area contributed by atoms with Crippen molar-refractivity contribution >= 4 is 41.3 Å². The smallest absolute Gasteiger partial charge is 0.191 e. The van der Waals surface area contributed by atoms with E-state index in [1.807, 2.05) is 11.3 Å². The van der Waals surface area contributed by atoms with Gasteiger partial charge in [-0.05, 0) is 44.4 Å². The maximum absolute atomic E-state index is 5.57. The molecule has 1 aliphatic rings. The van der Waals surface area contributed by atoms with Crippen LogP contribution >= 0.6 is 35.3 Å². The molecule has 1 aromatic heterocycles. The summed E-state index contributed by atoms with van der Waals surface area (Å²) in [6, 6.07) is 15.7. The van der Waals surface area contributed by atoms with Crippen LogP contribution < -0.4 is 10.6 Å². The molecule has 0 aliphatic carbocycles. The van der Waals surface area contributed by atoms with E-state index in [9.17, 15) is 0 Å². The zero-order valence-corrected chi connectivity index (χ0v) is 22.6. The fourth-order valence-corrected chi connectivity index (χ4v) is 4.67. The van der Waals surface area contributed by atoms with Gasteiger partial charge in [0.05, 0.1) is 25.8 Å². The summed E-state index contributed by atoms with van der Waals surface area (Å²) in [6.45, 7) is 8.09. The molecule has 0 saturated carbocycles. The van der Waals surface area contributed by atoms with Gasteiger partial charge in [-0.3, -0.25) is 9.89 Å². The van der Waals surface area contributed by atoms with Crippen molar-refractivity contribution in [3.05, 3.63) is 58.3 Å². The average molecular weight is 572 g/mol. The third kappa shape index (κ3) is 8.62. The molecule has 32 heavy (non-hydrogen) atoms. The van der Waals surface area contributed by atoms with E-state index in [0.717, 1.165) is 58.3 Å². The molecule has 2 unspecified atom stereocenters. The first-order valence-corrected chi connectivity index (χ1v) is 12.1. The number of morpholine rings is 1. The summed E-state index contributed by atoms with van der Waals surface area (Å²) >= 11 is 1.82. The van der Waals surface area contributed by atoms with Crippen LogP contribution in [0.4, 0.5) is 0 Å². The molecule has 0 radical (unpaired) electrons. The van der Waals surface area contributed by atoms with Crippen LogP contribution in [-0.4, -0.2) is 81.8 Å². The number of thiophene rings is 1. The van der Waals surface area contributed by atoms with Crippen molar-refractivity contribution in [2.75, 3.05) is 60.0 Å². The third-order valence-electron chi connectivity index (χ3n) is 5.67. The number of nitrogens with one attached hydrogen (secondary N) is 2. The van der Waals surface area contributed by atoms with Crippen molar-refractivity contribution in [3.8, 4) is 0 Å². The first-order valence-electron chi connectivity index (χ1n) is 11.2. The molecule has 2 N–H and O–H groups in total. The van der Waals surface area contributed by atoms with Crippen molar-refractivity contribution in [3.63, 3.8) is 0 Å². The third-order valence-corrected chi connectivity index (χ3v) is 6.64. The fourth-order valence-electron chi connectivity index (χ4n) is 3.81. The number of rotatable bonds is 10. The number of likely N-dealkylation sites (N-methyl/N-ethyl adjacent to an activating group) is 1. The summed E-state index contributed by atoms with van der Waals surface area (Å²) in [5.74, 6) is 0.886. The number of nitrogens with zero attached hydrogens (tertiary/aromatic N) is 3. The highest BCUT2D eigenvalue weighted by atomic mass is 127. The maximum Gasteiger partial charge on any atom is 0.191 e. The van der Waals surface area contributed by atoms with Gasteiger partial charge < -0.3 is 20.3 Å². The summed E-state index contributed by atoms with van der Waals surface area (Å²) in [6.07, 6.45) is 0.988. The van der Waals surface area contributed by atoms with Crippen molar-refractivity contribution in [1.29, 1.82) is 0 Å². The Bertz CT molecular complexity index is 766. The molecule has 2 heterocycles. The second-order valence-corrected chi connectivity index (χ2v) is 9.07. The van der Waals surface area contributed by atoms with Crippen LogP contribution in [0.1, 0.15) is 23.4 Å². The lowest BCUT2D eigenvalue weighted by molar-refractivity contribution is 0.0177. The van der Waals surface area contributed by atoms with Crippen LogP contribution in [0.5, 0.6) is 0 Å². The second-order valence-electron chi connectivity index (χ2n) is 8.09. The lowest BCUT2D eigenvalue weighted by Crippen LogP contribution is -2.46. The number of aliphatic imine (C=N–C) groups is 1. The van der Waals surface area contributed by atoms with E-state index in [4.69, 9.17) is 9.73 Å². The number of halogens is 1. The Morgan fingerprint density at radius 2 is 1.88 bits per heavy atom. The number of hydrogen-bond donors (Lipinski definition) is 2. The van der Waals surface area contributed by atoms with Gasteiger partial charge in [-0.15, -0.1) is 35.3 Å². The van der Waals surface area contributed by atoms with Crippen LogP contribution in [0.3, 0.4) is 0 Å². The van der Waals surface area contributed by atoms with Crippen LogP contribution in [0.25, 0.3) is 0 Å². The van der Waals surface area contributed by atoms with Gasteiger partial charge in [0.2, 0.25) is 0 Å². The molecule has 8 heteroatoms. The van der Waals surface area contributed by atoms with E-state index in [1.165, 1.54) is 10.4 Å². The van der Waals surface area contributed by atoms with Gasteiger partial charge in [0.1, 0.15) is 0 Å². The van der Waals surface area contributed by atoms with Crippen molar-refractivity contribution in [1.82, 2.24) is 20.4 Å². The predicted molar refractivity (Wildman–Crippen MR) is 146 cm³/mol. The number of hydrogen-bond acceptors (Lipinski definition) is 5. The van der Waals surface area contributed by atoms with Crippen molar-refractivity contribution < 1.29 is 4.74 Å². The van der Waals surface area contributed by atoms with Gasteiger partial charge in [0.25, 0.3) is 0 Å². The predicted octanol–water partition coefficient (Wildman–Crippen LogP) is 3.47. The van der Waals surface area contributed by atoms with Crippen LogP contribution in [0.15, 0.2) is 52.8 Å². The SMILES string of the molecule is CCNC(=NCC(Cc1ccccc1)N(C)C)NCC(c1cccs1)N1CCOCC1.I. The van der Waals surface area contributed by atoms with Gasteiger partial charge in [-0.1, -0.05) is 36.4 Å². The molecule has 178 valence electrons. The van der Waals surface area contributed by atoms with E-state index in [-0.39, 0.29) is 24.0 Å². The van der Waals surface area contributed by atoms with Gasteiger partial charge in [0, 0.05) is 37.1 Å². The zero-order valence-electron chi connectivity index (χ0n) is 19.5. The summed E-state index contributed by atoms with van der Waals surface area (Å²) < 4.78 is 5.57. The van der Waals surface area contributed by atoms with E-state index in [1.54, 1.807) is 0 Å². The van der Waals surface area contributed by atoms with Gasteiger partial charge >= 0.3 is 0 Å². The van der Waals surface area contributed by atoms with E-state index >= 15 is 0 Å². The zero-order chi connectivity index (χ0) is 21.9. The Hall–Kier alpha value is -1.20. The highest BCUT2D eigenvalue weighted by Gasteiger charge is 2.23. The number of guanidine groups is 1. The van der Waals surface area contributed by atoms with Crippen molar-refractivity contribution in [2.24, 2.45) is 4.99 Å². The van der Waals surface area contributed by atoms with Gasteiger partial charge in [0.15, 0.2) is 5.96 Å². The molecule has 3 rings (SSSR count). The number of benzene rings is 1. The molecule has 1 aliphatic heterocycles. The van der Waals surface area contributed by atoms with E-state index < -0.39 is 0 Å². The largest absolute Gasteiger partial charge is 0.379 e. The normalized spacial score (nSPS) is 16.9. The number of ether oxygens (including phenoxy) is 1. The Morgan fingerprint density at radius 1 is 1.12 bits per heavy atom. The minimum absolute atomic E-state index is 0. The average Bonchev–Trinajstić information content (AvgIpc) is 3.32. The summed E-state index contributed by atoms with van der Waals surface area (Å²) in [5, 5.41) is 9.19. The second kappa shape index (κ2) is 14.8. The van der Waals surface area contributed by atoms with Gasteiger partial charge in [-0.2, -0.15) is 0 Å². The van der Waals surface area contributed by atoms with Gasteiger partial charge in [-0.25, -0.2) is 0 Å². The Balaban J connectivity index is 0.00000363. The summed E-state index contributed by atoms with van der Waals surface area (Å²) in [7, 11) is 4.27. The molecular formula is C24H38IN5OS. The highest BCUT2D eigenvalue weighted by Crippen LogP contribution is 2.25. The van der Waals surface area contributed by atoms with E-state index in [2.05, 4.69) is 89.3 Å². The van der Waals surface area contributed by atoms with Crippen molar-refractivity contribution in [2.45, 2.75) is 25.4 Å². The fraction of sp³-hybridized carbons (Fsp3) is 0.542. The minimum atomic E-state index is 0. The minimum Gasteiger partial charge on any atom is -0.379 e. The molecule has 2 aromatic rings. The van der Waals surface area contributed by atoms with Crippen LogP contribution in [0.2, 0.25) is 0 Å². The lowest BCUT2D eigenvalue weighted by atomic mass is 10.1. The Kier molecular flexibility index (Phi) is 12.6. The summed E-state index contributed by atoms with van der Waals surface area (Å²) in [5.41, 5.74) is 1.35. The standard InChI is InChI=1S/C24H37N5OS.HI/c1-4-25-24(26-18-21(28(2)3)17-20-9-6-5-7-10-20)27-19-22(23-11-8-16-31-23)29-12-14-30-15-13-29;/h5-11,16,21-22H,4,12-15,17-19H2,1-3H3,(H2,25,26,27);1H. The monoisotopic (exact) mass is 571 g/mol. The molecule has 6 nitrogen and oxygen atoms in total. The molecule has 1 saturated heterocycles. The molecule has 0 bridgehead atoms. The van der Waals surface area contributed by atoms with Crippen LogP contribution in [0, 0.1) is 0 Å². The molecule has 0 amide bonds. The molecule has 0 spiro atoms. The molecule has 2 atom stereocenters. The van der Waals surface area contributed by atoms with E-state index in [0.29, 0.717) is 12.1 Å². The Labute approximate surface area is 214 Å². The van der Waals surface area contributed by atoms with Crippen LogP contribution in [-0.2, 0) is 11.2 Å². The first-order chi connectivity index (χ1) is 15.2. The molecule has 1 aromatic carbocycles. The highest BCUT2D eigenvalue weighted by molar-refractivity contribution is 14.0. The lowest BCUT2D eigenvalue weighted by Gasteiger charge is -2.34. The summed E-state index contributed by atoms with van der Waals surface area (Å²) in [4.78, 5) is 11.1. The molecule has 1 fully saturated rings.